The van der Waals surface area contributed by atoms with Gasteiger partial charge in [0.25, 0.3) is 5.91 Å². The van der Waals surface area contributed by atoms with E-state index in [1.165, 1.54) is 36.0 Å². The molecule has 4 aliphatic heterocycles. The number of ether oxygens (including phenoxy) is 1. The van der Waals surface area contributed by atoms with Crippen molar-refractivity contribution in [1.82, 2.24) is 35.0 Å². The first-order valence-corrected chi connectivity index (χ1v) is 23.0. The zero-order valence-electron chi connectivity index (χ0n) is 38.0. The smallest absolute Gasteiger partial charge is 0.328 e. The molecule has 3 aromatic carbocycles. The number of H-pyrrole nitrogens is 1. The van der Waals surface area contributed by atoms with E-state index in [0.29, 0.717) is 70.7 Å². The maximum absolute atomic E-state index is 15.3. The quantitative estimate of drug-likeness (QED) is 0.110. The summed E-state index contributed by atoms with van der Waals surface area (Å²) in [5, 5.41) is 16.6. The lowest BCUT2D eigenvalue weighted by Gasteiger charge is -2.47. The van der Waals surface area contributed by atoms with Crippen LogP contribution < -0.4 is 20.3 Å². The summed E-state index contributed by atoms with van der Waals surface area (Å²) in [5.41, 5.74) is 6.95. The van der Waals surface area contributed by atoms with E-state index in [-0.39, 0.29) is 48.7 Å². The Morgan fingerprint density at radius 1 is 0.939 bits per heavy atom. The molecule has 9 rings (SSSR count). The summed E-state index contributed by atoms with van der Waals surface area (Å²) >= 11 is 0. The fourth-order valence-corrected chi connectivity index (χ4v) is 10.3. The Labute approximate surface area is 383 Å². The number of hydrogen-bond donors (Lipinski definition) is 4. The van der Waals surface area contributed by atoms with Crippen LogP contribution in [0.3, 0.4) is 0 Å². The second-order valence-electron chi connectivity index (χ2n) is 19.0. The van der Waals surface area contributed by atoms with Crippen molar-refractivity contribution >= 4 is 46.3 Å². The van der Waals surface area contributed by atoms with Gasteiger partial charge in [-0.25, -0.2) is 23.9 Å². The van der Waals surface area contributed by atoms with Crippen LogP contribution >= 0.6 is 0 Å². The molecular formula is C50H58FN9O6. The van der Waals surface area contributed by atoms with Gasteiger partial charge in [0.15, 0.2) is 0 Å². The van der Waals surface area contributed by atoms with Crippen LogP contribution in [0.5, 0.6) is 5.75 Å². The second-order valence-corrected chi connectivity index (χ2v) is 19.0. The van der Waals surface area contributed by atoms with Crippen molar-refractivity contribution in [3.05, 3.63) is 89.5 Å². The molecule has 2 atom stereocenters. The molecule has 1 spiro atoms. The van der Waals surface area contributed by atoms with Gasteiger partial charge in [-0.15, -0.1) is 0 Å². The lowest BCUT2D eigenvalue weighted by Crippen LogP contribution is -2.50. The number of piperidine rings is 2. The zero-order valence-corrected chi connectivity index (χ0v) is 38.0. The highest BCUT2D eigenvalue weighted by atomic mass is 19.1. The number of urea groups is 2. The Balaban J connectivity index is 0.804. The van der Waals surface area contributed by atoms with E-state index in [9.17, 15) is 24.3 Å². The highest BCUT2D eigenvalue weighted by Gasteiger charge is 2.39. The van der Waals surface area contributed by atoms with Crippen LogP contribution in [0.25, 0.3) is 33.5 Å². The number of likely N-dealkylation sites (tertiary alicyclic amines) is 3. The van der Waals surface area contributed by atoms with Crippen molar-refractivity contribution in [3.8, 4) is 28.3 Å². The molecule has 6 amide bonds. The van der Waals surface area contributed by atoms with E-state index in [2.05, 4.69) is 68.6 Å². The first-order valence-electron chi connectivity index (χ1n) is 23.0. The number of hydrogen-bond acceptors (Lipinski definition) is 9. The normalized spacial score (nSPS) is 20.1. The molecule has 4 saturated heterocycles. The minimum atomic E-state index is -0.587. The average Bonchev–Trinajstić information content (AvgIpc) is 3.91. The molecule has 16 heteroatoms. The number of carbonyl (C=O) groups excluding carboxylic acids is 4. The molecule has 66 heavy (non-hydrogen) atoms. The molecule has 0 aliphatic carbocycles. The number of β-amino-alcohol motifs (C(OH)–C–C–N with tert-alkyl or cyclic N) is 1. The highest BCUT2D eigenvalue weighted by Crippen LogP contribution is 2.42. The summed E-state index contributed by atoms with van der Waals surface area (Å²) in [6, 6.07) is 17.5. The molecule has 6 heterocycles. The summed E-state index contributed by atoms with van der Waals surface area (Å²) in [7, 11) is 1.52. The van der Waals surface area contributed by atoms with Gasteiger partial charge < -0.3 is 29.9 Å². The van der Waals surface area contributed by atoms with E-state index in [0.717, 1.165) is 68.4 Å². The minimum Gasteiger partial charge on any atom is -0.495 e. The van der Waals surface area contributed by atoms with Crippen molar-refractivity contribution in [1.29, 1.82) is 0 Å². The third-order valence-corrected chi connectivity index (χ3v) is 14.2. The number of aromatic nitrogens is 3. The Bertz CT molecular complexity index is 2650. The highest BCUT2D eigenvalue weighted by molar-refractivity contribution is 6.07. The van der Waals surface area contributed by atoms with Gasteiger partial charge >= 0.3 is 12.1 Å². The topological polar surface area (TPSA) is 176 Å². The fraction of sp³-hybridized carbons (Fsp3) is 0.440. The van der Waals surface area contributed by atoms with Gasteiger partial charge in [-0.05, 0) is 117 Å². The molecule has 0 bridgehead atoms. The molecule has 0 radical (unpaired) electrons. The third-order valence-electron chi connectivity index (χ3n) is 14.2. The predicted molar refractivity (Wildman–Crippen MR) is 250 cm³/mol. The van der Waals surface area contributed by atoms with Crippen molar-refractivity contribution < 1.29 is 33.4 Å². The second kappa shape index (κ2) is 18.5. The van der Waals surface area contributed by atoms with Crippen LogP contribution in [0.1, 0.15) is 73.9 Å². The number of benzene rings is 3. The van der Waals surface area contributed by atoms with E-state index in [1.54, 1.807) is 23.1 Å². The van der Waals surface area contributed by atoms with Gasteiger partial charge in [-0.2, -0.15) is 0 Å². The SMILES string of the molecule is COc1ccc(C(=O)N2CCC3(CCN(Cc4ccc(-c5cc6c(-c7cc(F)cc(NC(=O)N8CC(O)C(CC(C)C)C8)c7C)ncnc6[nH]5)cc4)CC3)CC2)cc1N1CCC(=O)NC1=O. The van der Waals surface area contributed by atoms with Crippen LogP contribution in [-0.4, -0.2) is 118 Å². The number of aromatic amines is 1. The number of aliphatic hydroxyl groups excluding tert-OH is 1. The number of nitrogens with zero attached hydrogens (tertiary/aromatic N) is 6. The van der Waals surface area contributed by atoms with Gasteiger partial charge in [-0.3, -0.25) is 24.7 Å². The Morgan fingerprint density at radius 3 is 2.39 bits per heavy atom. The van der Waals surface area contributed by atoms with Crippen molar-refractivity contribution in [3.63, 3.8) is 0 Å². The third kappa shape index (κ3) is 9.21. The summed E-state index contributed by atoms with van der Waals surface area (Å²) in [6.45, 7) is 11.1. The zero-order chi connectivity index (χ0) is 46.3. The Hall–Kier alpha value is -6.39. The fourth-order valence-electron chi connectivity index (χ4n) is 10.3. The summed E-state index contributed by atoms with van der Waals surface area (Å²) in [5.74, 6) is -0.0243. The van der Waals surface area contributed by atoms with Crippen molar-refractivity contribution in [2.75, 3.05) is 63.1 Å². The number of amides is 6. The van der Waals surface area contributed by atoms with Crippen LogP contribution in [0.4, 0.5) is 25.4 Å². The summed E-state index contributed by atoms with van der Waals surface area (Å²) in [6.07, 6.45) is 5.89. The summed E-state index contributed by atoms with van der Waals surface area (Å²) in [4.78, 5) is 71.4. The number of methoxy groups -OCH3 is 1. The van der Waals surface area contributed by atoms with Crippen molar-refractivity contribution in [2.24, 2.45) is 17.3 Å². The molecule has 5 aromatic rings. The van der Waals surface area contributed by atoms with E-state index in [4.69, 9.17) is 4.74 Å². The van der Waals surface area contributed by atoms with Gasteiger partial charge in [-0.1, -0.05) is 38.1 Å². The van der Waals surface area contributed by atoms with E-state index >= 15 is 4.39 Å². The van der Waals surface area contributed by atoms with Crippen LogP contribution in [0.15, 0.2) is 67.0 Å². The molecule has 2 unspecified atom stereocenters. The van der Waals surface area contributed by atoms with Gasteiger partial charge in [0.2, 0.25) is 5.91 Å². The van der Waals surface area contributed by atoms with Crippen molar-refractivity contribution in [2.45, 2.75) is 71.9 Å². The number of aliphatic hydroxyl groups is 1. The molecule has 0 saturated carbocycles. The number of nitrogens with one attached hydrogen (secondary N) is 3. The molecule has 346 valence electrons. The molecule has 4 fully saturated rings. The Kier molecular flexibility index (Phi) is 12.5. The standard InChI is InChI=1S/C50H58FN9O6/c1-30(2)21-35-27-59(28-42(35)61)48(64)55-39-24-36(51)23-37(31(39)3)45-38-25-40(54-46(38)53-29-52-45)33-7-5-32(6-8-33)26-57-17-12-50(13-18-57)14-19-58(20-15-50)47(63)34-9-10-43(66-4)41(22-34)60-16-11-44(62)56-49(60)65/h5-10,22-25,29-30,35,42,61H,11-21,26-28H2,1-4H3,(H,55,64)(H,52,53,54)(H,56,62,65). The maximum atomic E-state index is 15.3. The number of fused-ring (bicyclic) bond motifs is 1. The first kappa shape index (κ1) is 44.8. The average molecular weight is 900 g/mol. The molecule has 15 nitrogen and oxygen atoms in total. The van der Waals surface area contributed by atoms with E-state index in [1.807, 2.05) is 17.9 Å². The molecular weight excluding hydrogens is 842 g/mol. The summed E-state index contributed by atoms with van der Waals surface area (Å²) < 4.78 is 20.7. The molecule has 4 N–H and O–H groups in total. The van der Waals surface area contributed by atoms with E-state index < -0.39 is 18.0 Å². The number of carbonyl (C=O) groups is 4. The number of anilines is 2. The van der Waals surface area contributed by atoms with Crippen LogP contribution in [0, 0.1) is 30.0 Å². The van der Waals surface area contributed by atoms with Gasteiger partial charge in [0.1, 0.15) is 23.5 Å². The lowest BCUT2D eigenvalue weighted by atomic mass is 9.71. The predicted octanol–water partition coefficient (Wildman–Crippen LogP) is 7.58. The lowest BCUT2D eigenvalue weighted by molar-refractivity contribution is -0.120. The molecule has 2 aromatic heterocycles. The monoisotopic (exact) mass is 899 g/mol. The minimum absolute atomic E-state index is 0.00762. The largest absolute Gasteiger partial charge is 0.495 e. The molecule has 4 aliphatic rings. The number of rotatable bonds is 10. The first-order chi connectivity index (χ1) is 31.8. The van der Waals surface area contributed by atoms with Gasteiger partial charge in [0.05, 0.1) is 24.6 Å². The number of imide groups is 1. The maximum Gasteiger partial charge on any atom is 0.328 e. The Morgan fingerprint density at radius 2 is 1.68 bits per heavy atom. The van der Waals surface area contributed by atoms with Crippen LogP contribution in [-0.2, 0) is 11.3 Å². The number of halogens is 1. The van der Waals surface area contributed by atoms with Gasteiger partial charge in [0, 0.05) is 79.5 Å². The van der Waals surface area contributed by atoms with Crippen LogP contribution in [0.2, 0.25) is 0 Å².